The van der Waals surface area contributed by atoms with Gasteiger partial charge in [0.25, 0.3) is 0 Å². The minimum absolute atomic E-state index is 0.236. The molecule has 0 N–H and O–H groups in total. The Bertz CT molecular complexity index is 136. The first-order valence-electron chi connectivity index (χ1n) is 3.36. The lowest BCUT2D eigenvalue weighted by Gasteiger charge is -2.33. The van der Waals surface area contributed by atoms with E-state index in [2.05, 4.69) is 0 Å². The van der Waals surface area contributed by atoms with Crippen LogP contribution >= 0.6 is 0 Å². The molecule has 5 heteroatoms. The molecule has 1 aliphatic heterocycles. The van der Waals surface area contributed by atoms with Gasteiger partial charge in [-0.3, -0.25) is 4.90 Å². The summed E-state index contributed by atoms with van der Waals surface area (Å²) in [5.74, 6) is 0. The van der Waals surface area contributed by atoms with Crippen molar-refractivity contribution < 1.29 is 17.9 Å². The normalized spacial score (nSPS) is 28.9. The molecular formula is C6H10F3NO. The predicted molar refractivity (Wildman–Crippen MR) is 33.3 cm³/mol. The topological polar surface area (TPSA) is 12.5 Å². The van der Waals surface area contributed by atoms with Gasteiger partial charge in [0, 0.05) is 6.54 Å². The number of nitrogens with zero attached hydrogens (tertiary/aromatic N) is 1. The lowest BCUT2D eigenvalue weighted by atomic mass is 10.2. The Morgan fingerprint density at radius 1 is 1.45 bits per heavy atom. The molecule has 0 aromatic carbocycles. The average molecular weight is 169 g/mol. The Morgan fingerprint density at radius 3 is 2.45 bits per heavy atom. The number of ether oxygens (including phenoxy) is 1. The van der Waals surface area contributed by atoms with E-state index >= 15 is 0 Å². The van der Waals surface area contributed by atoms with Gasteiger partial charge in [-0.1, -0.05) is 0 Å². The summed E-state index contributed by atoms with van der Waals surface area (Å²) < 4.78 is 40.9. The summed E-state index contributed by atoms with van der Waals surface area (Å²) in [6, 6.07) is -1.42. The van der Waals surface area contributed by atoms with E-state index < -0.39 is 12.2 Å². The van der Waals surface area contributed by atoms with Gasteiger partial charge in [0.05, 0.1) is 13.2 Å². The second-order valence-corrected chi connectivity index (χ2v) is 2.61. The van der Waals surface area contributed by atoms with Crippen molar-refractivity contribution in [2.24, 2.45) is 0 Å². The van der Waals surface area contributed by atoms with Gasteiger partial charge in [-0.2, -0.15) is 13.2 Å². The van der Waals surface area contributed by atoms with Gasteiger partial charge < -0.3 is 4.74 Å². The van der Waals surface area contributed by atoms with Gasteiger partial charge >= 0.3 is 6.18 Å². The second-order valence-electron chi connectivity index (χ2n) is 2.61. The monoisotopic (exact) mass is 169 g/mol. The van der Waals surface area contributed by atoms with E-state index in [1.54, 1.807) is 0 Å². The standard InChI is InChI=1S/C6H10F3NO/c1-10-2-3-11-4-5(10)6(7,8)9/h5H,2-4H2,1H3. The molecule has 0 aliphatic carbocycles. The summed E-state index contributed by atoms with van der Waals surface area (Å²) in [5.41, 5.74) is 0. The Hall–Kier alpha value is -0.290. The van der Waals surface area contributed by atoms with Gasteiger partial charge in [0.1, 0.15) is 6.04 Å². The Morgan fingerprint density at radius 2 is 2.09 bits per heavy atom. The van der Waals surface area contributed by atoms with Crippen LogP contribution in [-0.4, -0.2) is 43.9 Å². The van der Waals surface area contributed by atoms with Crippen molar-refractivity contribution in [3.05, 3.63) is 0 Å². The fraction of sp³-hybridized carbons (Fsp3) is 1.00. The second kappa shape index (κ2) is 2.98. The summed E-state index contributed by atoms with van der Waals surface area (Å²) in [7, 11) is 1.46. The van der Waals surface area contributed by atoms with Crippen molar-refractivity contribution in [1.29, 1.82) is 0 Å². The van der Waals surface area contributed by atoms with Crippen molar-refractivity contribution >= 4 is 0 Å². The summed E-state index contributed by atoms with van der Waals surface area (Å²) in [6.45, 7) is 0.507. The zero-order chi connectivity index (χ0) is 8.48. The average Bonchev–Trinajstić information content (AvgIpc) is 1.86. The summed E-state index contributed by atoms with van der Waals surface area (Å²) in [5, 5.41) is 0. The van der Waals surface area contributed by atoms with Crippen LogP contribution < -0.4 is 0 Å². The van der Waals surface area contributed by atoms with Crippen molar-refractivity contribution in [3.63, 3.8) is 0 Å². The van der Waals surface area contributed by atoms with Crippen LogP contribution in [0.4, 0.5) is 13.2 Å². The summed E-state index contributed by atoms with van der Waals surface area (Å²) in [6.07, 6.45) is -4.16. The SMILES string of the molecule is CN1CCOCC1C(F)(F)F. The molecule has 0 amide bonds. The molecule has 1 fully saturated rings. The van der Waals surface area contributed by atoms with E-state index in [9.17, 15) is 13.2 Å². The maximum absolute atomic E-state index is 12.1. The van der Waals surface area contributed by atoms with Crippen molar-refractivity contribution in [2.45, 2.75) is 12.2 Å². The summed E-state index contributed by atoms with van der Waals surface area (Å²) in [4.78, 5) is 1.27. The van der Waals surface area contributed by atoms with Crippen LogP contribution in [0, 0.1) is 0 Å². The third kappa shape index (κ3) is 2.07. The van der Waals surface area contributed by atoms with E-state index in [0.29, 0.717) is 13.2 Å². The first-order valence-corrected chi connectivity index (χ1v) is 3.36. The van der Waals surface area contributed by atoms with Gasteiger partial charge in [-0.25, -0.2) is 0 Å². The molecule has 1 heterocycles. The first-order chi connectivity index (χ1) is 5.02. The zero-order valence-corrected chi connectivity index (χ0v) is 6.19. The predicted octanol–water partition coefficient (Wildman–Crippen LogP) is 0.879. The molecule has 0 aromatic heterocycles. The molecule has 0 radical (unpaired) electrons. The van der Waals surface area contributed by atoms with Gasteiger partial charge in [-0.05, 0) is 7.05 Å². The molecule has 1 aliphatic rings. The van der Waals surface area contributed by atoms with Crippen LogP contribution in [0.2, 0.25) is 0 Å². The van der Waals surface area contributed by atoms with Crippen LogP contribution in [0.25, 0.3) is 0 Å². The first kappa shape index (κ1) is 8.80. The highest BCUT2D eigenvalue weighted by Crippen LogP contribution is 2.25. The third-order valence-electron chi connectivity index (χ3n) is 1.77. The lowest BCUT2D eigenvalue weighted by Crippen LogP contribution is -2.51. The van der Waals surface area contributed by atoms with Crippen LogP contribution in [0.15, 0.2) is 0 Å². The number of morpholine rings is 1. The van der Waals surface area contributed by atoms with Crippen LogP contribution in [0.5, 0.6) is 0 Å². The molecule has 1 unspecified atom stereocenters. The molecule has 66 valence electrons. The van der Waals surface area contributed by atoms with Crippen LogP contribution in [0.3, 0.4) is 0 Å². The molecule has 0 saturated carbocycles. The number of rotatable bonds is 0. The number of hydrogen-bond acceptors (Lipinski definition) is 2. The number of hydrogen-bond donors (Lipinski definition) is 0. The number of halogens is 3. The smallest absolute Gasteiger partial charge is 0.378 e. The maximum atomic E-state index is 12.1. The number of likely N-dealkylation sites (N-methyl/N-ethyl adjacent to an activating group) is 1. The highest BCUT2D eigenvalue weighted by Gasteiger charge is 2.43. The molecule has 1 saturated heterocycles. The minimum Gasteiger partial charge on any atom is -0.378 e. The highest BCUT2D eigenvalue weighted by molar-refractivity contribution is 4.78. The number of alkyl halides is 3. The molecular weight excluding hydrogens is 159 g/mol. The van der Waals surface area contributed by atoms with E-state index in [1.165, 1.54) is 11.9 Å². The van der Waals surface area contributed by atoms with E-state index in [4.69, 9.17) is 4.74 Å². The quantitative estimate of drug-likeness (QED) is 0.533. The largest absolute Gasteiger partial charge is 0.406 e. The summed E-state index contributed by atoms with van der Waals surface area (Å²) >= 11 is 0. The minimum atomic E-state index is -4.16. The zero-order valence-electron chi connectivity index (χ0n) is 6.19. The van der Waals surface area contributed by atoms with E-state index in [1.807, 2.05) is 0 Å². The Balaban J connectivity index is 2.55. The fourth-order valence-electron chi connectivity index (χ4n) is 1.03. The molecule has 0 bridgehead atoms. The molecule has 2 nitrogen and oxygen atoms in total. The molecule has 11 heavy (non-hydrogen) atoms. The molecule has 1 rings (SSSR count). The molecule has 0 spiro atoms. The van der Waals surface area contributed by atoms with Gasteiger partial charge in [0.15, 0.2) is 0 Å². The van der Waals surface area contributed by atoms with Crippen molar-refractivity contribution in [1.82, 2.24) is 4.90 Å². The third-order valence-corrected chi connectivity index (χ3v) is 1.77. The van der Waals surface area contributed by atoms with E-state index in [0.717, 1.165) is 0 Å². The molecule has 1 atom stereocenters. The fourth-order valence-corrected chi connectivity index (χ4v) is 1.03. The van der Waals surface area contributed by atoms with Crippen molar-refractivity contribution in [2.75, 3.05) is 26.8 Å². The Labute approximate surface area is 62.9 Å². The van der Waals surface area contributed by atoms with Gasteiger partial charge in [0.2, 0.25) is 0 Å². The maximum Gasteiger partial charge on any atom is 0.406 e. The lowest BCUT2D eigenvalue weighted by molar-refractivity contribution is -0.207. The van der Waals surface area contributed by atoms with Gasteiger partial charge in [-0.15, -0.1) is 0 Å². The van der Waals surface area contributed by atoms with Crippen molar-refractivity contribution in [3.8, 4) is 0 Å². The van der Waals surface area contributed by atoms with Crippen LogP contribution in [-0.2, 0) is 4.74 Å². The van der Waals surface area contributed by atoms with E-state index in [-0.39, 0.29) is 6.61 Å². The molecule has 0 aromatic rings. The highest BCUT2D eigenvalue weighted by atomic mass is 19.4. The van der Waals surface area contributed by atoms with Crippen LogP contribution in [0.1, 0.15) is 0 Å². The Kier molecular flexibility index (Phi) is 2.39.